The number of nitrogens with one attached hydrogen (secondary N) is 1. The van der Waals surface area contributed by atoms with Gasteiger partial charge in [-0.15, -0.1) is 11.3 Å². The average Bonchev–Trinajstić information content (AvgIpc) is 3.30. The Hall–Kier alpha value is -2.86. The van der Waals surface area contributed by atoms with E-state index < -0.39 is 0 Å². The maximum absolute atomic E-state index is 12.7. The molecule has 0 spiro atoms. The summed E-state index contributed by atoms with van der Waals surface area (Å²) in [6.07, 6.45) is 0. The highest BCUT2D eigenvalue weighted by molar-refractivity contribution is 7.21. The van der Waals surface area contributed by atoms with Crippen molar-refractivity contribution in [2.24, 2.45) is 0 Å². The van der Waals surface area contributed by atoms with Crippen LogP contribution in [0.5, 0.6) is 0 Å². The summed E-state index contributed by atoms with van der Waals surface area (Å²) in [5.41, 5.74) is 2.83. The van der Waals surface area contributed by atoms with E-state index in [2.05, 4.69) is 10.3 Å². The number of amides is 1. The van der Waals surface area contributed by atoms with E-state index in [1.807, 2.05) is 36.4 Å². The first-order valence-electron chi connectivity index (χ1n) is 8.73. The summed E-state index contributed by atoms with van der Waals surface area (Å²) in [4.78, 5) is 17.6. The second-order valence-electron chi connectivity index (χ2n) is 6.40. The number of thiophene rings is 1. The van der Waals surface area contributed by atoms with E-state index >= 15 is 0 Å². The summed E-state index contributed by atoms with van der Waals surface area (Å²) < 4.78 is 6.76. The Bertz CT molecular complexity index is 1370. The van der Waals surface area contributed by atoms with Crippen molar-refractivity contribution in [1.82, 2.24) is 4.98 Å². The highest BCUT2D eigenvalue weighted by Gasteiger charge is 2.17. The second kappa shape index (κ2) is 7.19. The number of rotatable bonds is 3. The first kappa shape index (κ1) is 18.2. The highest BCUT2D eigenvalue weighted by atomic mass is 35.5. The molecule has 0 saturated heterocycles. The summed E-state index contributed by atoms with van der Waals surface area (Å²) >= 11 is 13.8. The summed E-state index contributed by atoms with van der Waals surface area (Å²) in [7, 11) is 0. The minimum atomic E-state index is -0.236. The van der Waals surface area contributed by atoms with Crippen LogP contribution in [-0.2, 0) is 0 Å². The maximum atomic E-state index is 12.7. The zero-order valence-corrected chi connectivity index (χ0v) is 17.1. The predicted octanol–water partition coefficient (Wildman–Crippen LogP) is 7.27. The van der Waals surface area contributed by atoms with E-state index in [4.69, 9.17) is 27.6 Å². The highest BCUT2D eigenvalue weighted by Crippen LogP contribution is 2.35. The van der Waals surface area contributed by atoms with Gasteiger partial charge in [0.1, 0.15) is 10.4 Å². The Morgan fingerprint density at radius 1 is 1.00 bits per heavy atom. The number of benzene rings is 3. The number of fused-ring (bicyclic) bond motifs is 2. The van der Waals surface area contributed by atoms with Gasteiger partial charge in [-0.1, -0.05) is 41.4 Å². The van der Waals surface area contributed by atoms with E-state index in [1.54, 1.807) is 30.3 Å². The number of carbonyl (C=O) groups excluding carboxylic acids is 1. The number of oxazole rings is 1. The van der Waals surface area contributed by atoms with Gasteiger partial charge in [-0.3, -0.25) is 4.79 Å². The van der Waals surface area contributed by atoms with Crippen LogP contribution in [0.15, 0.2) is 71.1 Å². The van der Waals surface area contributed by atoms with Crippen molar-refractivity contribution >= 4 is 67.3 Å². The van der Waals surface area contributed by atoms with Gasteiger partial charge in [0.2, 0.25) is 5.89 Å². The SMILES string of the molecule is O=C(Nc1ccc(-c2nc3cc(Cl)ccc3o2)cc1)c1sc2ccccc2c1Cl. The summed E-state index contributed by atoms with van der Waals surface area (Å²) in [5, 5.41) is 4.86. The molecule has 7 heteroatoms. The molecule has 142 valence electrons. The normalized spacial score (nSPS) is 11.2. The molecule has 0 aliphatic heterocycles. The second-order valence-corrected chi connectivity index (χ2v) is 8.27. The molecular weight excluding hydrogens is 427 g/mol. The number of hydrogen-bond acceptors (Lipinski definition) is 4. The van der Waals surface area contributed by atoms with E-state index in [9.17, 15) is 4.79 Å². The van der Waals surface area contributed by atoms with E-state index in [-0.39, 0.29) is 5.91 Å². The molecule has 2 aromatic heterocycles. The van der Waals surface area contributed by atoms with Crippen LogP contribution < -0.4 is 5.32 Å². The van der Waals surface area contributed by atoms with Gasteiger partial charge in [-0.25, -0.2) is 4.98 Å². The number of nitrogens with zero attached hydrogens (tertiary/aromatic N) is 1. The molecule has 2 heterocycles. The molecule has 1 amide bonds. The largest absolute Gasteiger partial charge is 0.436 e. The minimum absolute atomic E-state index is 0.236. The van der Waals surface area contributed by atoms with Crippen molar-refractivity contribution in [3.63, 3.8) is 0 Å². The third-order valence-electron chi connectivity index (χ3n) is 4.48. The van der Waals surface area contributed by atoms with Crippen LogP contribution in [0.4, 0.5) is 5.69 Å². The Labute approximate surface area is 179 Å². The van der Waals surface area contributed by atoms with Gasteiger partial charge < -0.3 is 9.73 Å². The quantitative estimate of drug-likeness (QED) is 0.322. The van der Waals surface area contributed by atoms with Crippen molar-refractivity contribution in [1.29, 1.82) is 0 Å². The Morgan fingerprint density at radius 3 is 2.59 bits per heavy atom. The van der Waals surface area contributed by atoms with Crippen LogP contribution in [0.3, 0.4) is 0 Å². The lowest BCUT2D eigenvalue weighted by atomic mass is 10.2. The molecule has 0 atom stereocenters. The Kier molecular flexibility index (Phi) is 4.51. The fourth-order valence-corrected chi connectivity index (χ4v) is 4.65. The number of anilines is 1. The van der Waals surface area contributed by atoms with E-state index in [0.717, 1.165) is 15.6 Å². The van der Waals surface area contributed by atoms with Crippen LogP contribution in [0.25, 0.3) is 32.6 Å². The van der Waals surface area contributed by atoms with Crippen LogP contribution in [-0.4, -0.2) is 10.9 Å². The van der Waals surface area contributed by atoms with Crippen LogP contribution in [0.2, 0.25) is 10.0 Å². The first-order chi connectivity index (χ1) is 14.1. The predicted molar refractivity (Wildman–Crippen MR) is 119 cm³/mol. The van der Waals surface area contributed by atoms with Crippen molar-refractivity contribution < 1.29 is 9.21 Å². The molecular formula is C22H12Cl2N2O2S. The fourth-order valence-electron chi connectivity index (χ4n) is 3.07. The molecule has 0 saturated carbocycles. The zero-order chi connectivity index (χ0) is 20.0. The van der Waals surface area contributed by atoms with Crippen molar-refractivity contribution in [3.05, 3.63) is 81.7 Å². The van der Waals surface area contributed by atoms with Crippen molar-refractivity contribution in [2.75, 3.05) is 5.32 Å². The van der Waals surface area contributed by atoms with Gasteiger partial charge in [-0.05, 0) is 48.5 Å². The molecule has 0 fully saturated rings. The maximum Gasteiger partial charge on any atom is 0.267 e. The van der Waals surface area contributed by atoms with Gasteiger partial charge in [0.25, 0.3) is 5.91 Å². The van der Waals surface area contributed by atoms with Crippen LogP contribution >= 0.6 is 34.5 Å². The molecule has 0 aliphatic rings. The standard InChI is InChI=1S/C22H12Cl2N2O2S/c23-13-7-10-17-16(11-13)26-22(28-17)12-5-8-14(9-6-12)25-21(27)20-19(24)15-3-1-2-4-18(15)29-20/h1-11H,(H,25,27). The van der Waals surface area contributed by atoms with Gasteiger partial charge >= 0.3 is 0 Å². The molecule has 29 heavy (non-hydrogen) atoms. The Balaban J connectivity index is 1.39. The third-order valence-corrected chi connectivity index (χ3v) is 6.39. The fraction of sp³-hybridized carbons (Fsp3) is 0. The van der Waals surface area contributed by atoms with Gasteiger partial charge in [0, 0.05) is 26.4 Å². The molecule has 5 aromatic rings. The molecule has 0 radical (unpaired) electrons. The molecule has 1 N–H and O–H groups in total. The number of hydrogen-bond donors (Lipinski definition) is 1. The van der Waals surface area contributed by atoms with Crippen molar-refractivity contribution in [3.8, 4) is 11.5 Å². The lowest BCUT2D eigenvalue weighted by molar-refractivity contribution is 0.103. The molecule has 3 aromatic carbocycles. The Morgan fingerprint density at radius 2 is 1.79 bits per heavy atom. The van der Waals surface area contributed by atoms with E-state index in [1.165, 1.54) is 11.3 Å². The average molecular weight is 439 g/mol. The van der Waals surface area contributed by atoms with Gasteiger partial charge in [0.15, 0.2) is 5.58 Å². The zero-order valence-electron chi connectivity index (χ0n) is 14.8. The summed E-state index contributed by atoms with van der Waals surface area (Å²) in [6, 6.07) is 20.3. The topological polar surface area (TPSA) is 55.1 Å². The molecule has 4 nitrogen and oxygen atoms in total. The number of halogens is 2. The number of aromatic nitrogens is 1. The summed E-state index contributed by atoms with van der Waals surface area (Å²) in [5.74, 6) is 0.258. The monoisotopic (exact) mass is 438 g/mol. The smallest absolute Gasteiger partial charge is 0.267 e. The van der Waals surface area contributed by atoms with E-state index in [0.29, 0.717) is 37.6 Å². The summed E-state index contributed by atoms with van der Waals surface area (Å²) in [6.45, 7) is 0. The van der Waals surface area contributed by atoms with Crippen molar-refractivity contribution in [2.45, 2.75) is 0 Å². The molecule has 5 rings (SSSR count). The lowest BCUT2D eigenvalue weighted by Gasteiger charge is -2.04. The van der Waals surface area contributed by atoms with Crippen LogP contribution in [0.1, 0.15) is 9.67 Å². The van der Waals surface area contributed by atoms with Crippen LogP contribution in [0, 0.1) is 0 Å². The molecule has 0 aliphatic carbocycles. The van der Waals surface area contributed by atoms with Gasteiger partial charge in [-0.2, -0.15) is 0 Å². The minimum Gasteiger partial charge on any atom is -0.436 e. The third kappa shape index (κ3) is 3.38. The number of carbonyl (C=O) groups is 1. The molecule has 0 bridgehead atoms. The lowest BCUT2D eigenvalue weighted by Crippen LogP contribution is -2.10. The first-order valence-corrected chi connectivity index (χ1v) is 10.3. The molecule has 0 unspecified atom stereocenters. The van der Waals surface area contributed by atoms with Gasteiger partial charge in [0.05, 0.1) is 5.02 Å².